The maximum Gasteiger partial charge on any atom is 0.302 e. The van der Waals surface area contributed by atoms with Gasteiger partial charge in [0, 0.05) is 18.8 Å². The van der Waals surface area contributed by atoms with E-state index in [2.05, 4.69) is 62.8 Å². The van der Waals surface area contributed by atoms with Gasteiger partial charge in [-0.15, -0.1) is 0 Å². The Labute approximate surface area is 160 Å². The first-order valence-electron chi connectivity index (χ1n) is 9.86. The van der Waals surface area contributed by atoms with Gasteiger partial charge in [0.25, 0.3) is 0 Å². The van der Waals surface area contributed by atoms with Crippen LogP contribution < -0.4 is 5.46 Å². The molecule has 0 spiro atoms. The number of carbonyl (C=O) groups is 1. The van der Waals surface area contributed by atoms with Gasteiger partial charge in [0.05, 0.1) is 7.11 Å². The number of ether oxygens (including phenoxy) is 1. The number of carbonyl (C=O) groups excluding carboxylic acids is 1. The van der Waals surface area contributed by atoms with E-state index in [0.717, 1.165) is 6.32 Å². The average Bonchev–Trinajstić information content (AvgIpc) is 2.95. The first kappa shape index (κ1) is 20.6. The highest BCUT2D eigenvalue weighted by Crippen LogP contribution is 2.32. The van der Waals surface area contributed by atoms with E-state index in [1.54, 1.807) is 0 Å². The SMILES string of the molecule is CC(C#CC1CCCCC1)c1ccc2c(c1)C(C)(C)C[B]2.COC(C)=O. The second-order valence-electron chi connectivity index (χ2n) is 8.18. The molecule has 1 radical (unpaired) electrons. The molecule has 1 aliphatic heterocycles. The Bertz CT molecular complexity index is 675. The fraction of sp³-hybridized carbons (Fsp3) is 0.609. The number of fused-ring (bicyclic) bond motifs is 1. The molecule has 26 heavy (non-hydrogen) atoms. The zero-order chi connectivity index (χ0) is 19.2. The first-order chi connectivity index (χ1) is 12.3. The number of hydrogen-bond donors (Lipinski definition) is 0. The molecule has 1 heterocycles. The molecule has 1 fully saturated rings. The zero-order valence-electron chi connectivity index (χ0n) is 17.0. The van der Waals surface area contributed by atoms with Gasteiger partial charge in [0.2, 0.25) is 0 Å². The van der Waals surface area contributed by atoms with Gasteiger partial charge < -0.3 is 4.74 Å². The minimum atomic E-state index is -0.245. The number of benzene rings is 1. The second kappa shape index (κ2) is 9.31. The average molecular weight is 351 g/mol. The summed E-state index contributed by atoms with van der Waals surface area (Å²) in [6, 6.07) is 6.97. The van der Waals surface area contributed by atoms with E-state index in [4.69, 9.17) is 0 Å². The van der Waals surface area contributed by atoms with Gasteiger partial charge in [-0.1, -0.05) is 74.9 Å². The summed E-state index contributed by atoms with van der Waals surface area (Å²) >= 11 is 0. The highest BCUT2D eigenvalue weighted by Gasteiger charge is 2.30. The van der Waals surface area contributed by atoms with E-state index in [1.165, 1.54) is 62.7 Å². The monoisotopic (exact) mass is 351 g/mol. The predicted molar refractivity (Wildman–Crippen MR) is 110 cm³/mol. The van der Waals surface area contributed by atoms with Gasteiger partial charge in [-0.05, 0) is 36.3 Å². The molecule has 2 nitrogen and oxygen atoms in total. The van der Waals surface area contributed by atoms with Crippen molar-refractivity contribution in [1.29, 1.82) is 0 Å². The van der Waals surface area contributed by atoms with Gasteiger partial charge >= 0.3 is 5.97 Å². The van der Waals surface area contributed by atoms with Crippen LogP contribution in [0.5, 0.6) is 0 Å². The Hall–Kier alpha value is -1.69. The normalized spacial score (nSPS) is 19.0. The van der Waals surface area contributed by atoms with Crippen LogP contribution in [-0.2, 0) is 14.9 Å². The molecule has 1 aromatic rings. The van der Waals surface area contributed by atoms with E-state index in [0.29, 0.717) is 17.3 Å². The Kier molecular flexibility index (Phi) is 7.38. The van der Waals surface area contributed by atoms with Crippen LogP contribution in [0.2, 0.25) is 6.32 Å². The summed E-state index contributed by atoms with van der Waals surface area (Å²) in [6.45, 7) is 8.30. The second-order valence-corrected chi connectivity index (χ2v) is 8.18. The molecular weight excluding hydrogens is 319 g/mol. The van der Waals surface area contributed by atoms with Crippen molar-refractivity contribution in [3.63, 3.8) is 0 Å². The smallest absolute Gasteiger partial charge is 0.302 e. The lowest BCUT2D eigenvalue weighted by Crippen LogP contribution is -2.16. The fourth-order valence-electron chi connectivity index (χ4n) is 3.66. The third kappa shape index (κ3) is 5.66. The summed E-state index contributed by atoms with van der Waals surface area (Å²) in [5, 5.41) is 0. The Morgan fingerprint density at radius 3 is 2.54 bits per heavy atom. The van der Waals surface area contributed by atoms with Gasteiger partial charge in [0.1, 0.15) is 0 Å². The van der Waals surface area contributed by atoms with Crippen LogP contribution in [0.25, 0.3) is 0 Å². The maximum absolute atomic E-state index is 9.59. The molecule has 1 aliphatic carbocycles. The summed E-state index contributed by atoms with van der Waals surface area (Å²) in [6.07, 6.45) is 7.93. The molecule has 1 saturated carbocycles. The van der Waals surface area contributed by atoms with E-state index < -0.39 is 0 Å². The van der Waals surface area contributed by atoms with E-state index in [9.17, 15) is 4.79 Å². The molecule has 3 heteroatoms. The maximum atomic E-state index is 9.59. The third-order valence-corrected chi connectivity index (χ3v) is 5.54. The largest absolute Gasteiger partial charge is 0.469 e. The van der Waals surface area contributed by atoms with E-state index in [-0.39, 0.29) is 5.97 Å². The van der Waals surface area contributed by atoms with Crippen LogP contribution in [0.15, 0.2) is 18.2 Å². The van der Waals surface area contributed by atoms with Crippen molar-refractivity contribution in [1.82, 2.24) is 0 Å². The minimum Gasteiger partial charge on any atom is -0.469 e. The van der Waals surface area contributed by atoms with Gasteiger partial charge in [-0.25, -0.2) is 0 Å². The Morgan fingerprint density at radius 1 is 1.27 bits per heavy atom. The molecule has 0 saturated heterocycles. The molecule has 139 valence electrons. The molecule has 3 rings (SSSR count). The van der Waals surface area contributed by atoms with Crippen molar-refractivity contribution in [3.8, 4) is 11.8 Å². The first-order valence-corrected chi connectivity index (χ1v) is 9.86. The molecule has 2 aliphatic rings. The Balaban J connectivity index is 0.000000431. The molecule has 0 bridgehead atoms. The number of rotatable bonds is 1. The summed E-state index contributed by atoms with van der Waals surface area (Å²) in [4.78, 5) is 9.59. The van der Waals surface area contributed by atoms with Gasteiger partial charge in [-0.3, -0.25) is 4.79 Å². The van der Waals surface area contributed by atoms with Crippen LogP contribution in [-0.4, -0.2) is 20.4 Å². The molecule has 0 N–H and O–H groups in total. The highest BCUT2D eigenvalue weighted by molar-refractivity contribution is 6.56. The summed E-state index contributed by atoms with van der Waals surface area (Å²) in [7, 11) is 3.72. The lowest BCUT2D eigenvalue weighted by Gasteiger charge is -2.21. The molecule has 0 amide bonds. The predicted octanol–water partition coefficient (Wildman–Crippen LogP) is 4.59. The Morgan fingerprint density at radius 2 is 1.92 bits per heavy atom. The summed E-state index contributed by atoms with van der Waals surface area (Å²) < 4.78 is 4.11. The number of hydrogen-bond acceptors (Lipinski definition) is 2. The van der Waals surface area contributed by atoms with Crippen molar-refractivity contribution in [2.75, 3.05) is 7.11 Å². The van der Waals surface area contributed by atoms with Crippen molar-refractivity contribution >= 4 is 18.7 Å². The molecular formula is C23H32BO2. The lowest BCUT2D eigenvalue weighted by molar-refractivity contribution is -0.137. The van der Waals surface area contributed by atoms with Gasteiger partial charge in [-0.2, -0.15) is 0 Å². The molecule has 1 atom stereocenters. The van der Waals surface area contributed by atoms with Gasteiger partial charge in [0.15, 0.2) is 7.28 Å². The molecule has 1 unspecified atom stereocenters. The summed E-state index contributed by atoms with van der Waals surface area (Å²) in [5.41, 5.74) is 4.62. The van der Waals surface area contributed by atoms with Crippen molar-refractivity contribution in [2.45, 2.75) is 77.5 Å². The molecule has 0 aromatic heterocycles. The third-order valence-electron chi connectivity index (χ3n) is 5.54. The van der Waals surface area contributed by atoms with Crippen molar-refractivity contribution in [3.05, 3.63) is 29.3 Å². The van der Waals surface area contributed by atoms with Crippen LogP contribution in [0.4, 0.5) is 0 Å². The van der Waals surface area contributed by atoms with E-state index in [1.807, 2.05) is 0 Å². The topological polar surface area (TPSA) is 26.3 Å². The summed E-state index contributed by atoms with van der Waals surface area (Å²) in [5.74, 6) is 7.84. The van der Waals surface area contributed by atoms with E-state index >= 15 is 0 Å². The highest BCUT2D eigenvalue weighted by atomic mass is 16.5. The quantitative estimate of drug-likeness (QED) is 0.420. The van der Waals surface area contributed by atoms with Crippen molar-refractivity contribution in [2.24, 2.45) is 5.92 Å². The lowest BCUT2D eigenvalue weighted by atomic mass is 9.69. The van der Waals surface area contributed by atoms with Crippen molar-refractivity contribution < 1.29 is 9.53 Å². The number of esters is 1. The van der Waals surface area contributed by atoms with Crippen LogP contribution in [0.1, 0.15) is 76.8 Å². The number of methoxy groups -OCH3 is 1. The van der Waals surface area contributed by atoms with Crippen LogP contribution in [0.3, 0.4) is 0 Å². The minimum absolute atomic E-state index is 0.245. The fourth-order valence-corrected chi connectivity index (χ4v) is 3.66. The molecule has 1 aromatic carbocycles. The van der Waals surface area contributed by atoms with Crippen LogP contribution >= 0.6 is 0 Å². The zero-order valence-corrected chi connectivity index (χ0v) is 17.0. The van der Waals surface area contributed by atoms with Crippen LogP contribution in [0, 0.1) is 17.8 Å². The standard InChI is InChI=1S/C20H26B.C3H6O2/c1-15(9-10-16-7-5-4-6-8-16)17-11-12-19-18(13-17)20(2,3)14-21-19;1-3(4)5-2/h11-13,15-16H,4-8,14H2,1-3H3;1-2H3.